The number of benzene rings is 2. The quantitative estimate of drug-likeness (QED) is 0.440. The summed E-state index contributed by atoms with van der Waals surface area (Å²) in [6.45, 7) is 7.53. The van der Waals surface area contributed by atoms with Crippen molar-refractivity contribution >= 4 is 5.69 Å². The van der Waals surface area contributed by atoms with Crippen LogP contribution in [0.15, 0.2) is 89.9 Å². The molecule has 4 aromatic rings. The fraction of sp³-hybridized carbons (Fsp3) is 0.267. The van der Waals surface area contributed by atoms with Gasteiger partial charge in [0.1, 0.15) is 5.75 Å². The molecular formula is C30H32N4O2. The number of hydrogen-bond acceptors (Lipinski definition) is 5. The first-order valence-corrected chi connectivity index (χ1v) is 12.4. The standard InChI is InChI=1S/C30H32N4O2/c1-22-11-13-24(14-12-22)29(33-18-16-32(17-19-33)26-9-4-3-5-10-26)28-27(35)20-23(2)34(30(28)36)21-25-8-6-7-15-31-25/h3-15,20,29,35H,16-19,21H2,1-2H3/t29-/m0/s1. The summed E-state index contributed by atoms with van der Waals surface area (Å²) in [5, 5.41) is 11.1. The summed E-state index contributed by atoms with van der Waals surface area (Å²) in [5.41, 5.74) is 5.15. The average Bonchev–Trinajstić information content (AvgIpc) is 2.91. The van der Waals surface area contributed by atoms with Gasteiger partial charge in [-0.05, 0) is 49.7 Å². The molecule has 0 radical (unpaired) electrons. The molecule has 2 aromatic carbocycles. The molecule has 0 spiro atoms. The topological polar surface area (TPSA) is 61.6 Å². The first-order chi connectivity index (χ1) is 17.5. The van der Waals surface area contributed by atoms with Crippen LogP contribution in [0.2, 0.25) is 0 Å². The third kappa shape index (κ3) is 4.90. The van der Waals surface area contributed by atoms with E-state index in [0.717, 1.165) is 43.0 Å². The Balaban J connectivity index is 1.53. The molecule has 1 aliphatic rings. The normalized spacial score (nSPS) is 15.1. The van der Waals surface area contributed by atoms with Crippen LogP contribution in [0, 0.1) is 13.8 Å². The Labute approximate surface area is 212 Å². The molecular weight excluding hydrogens is 448 g/mol. The van der Waals surface area contributed by atoms with Crippen LogP contribution < -0.4 is 10.5 Å². The van der Waals surface area contributed by atoms with E-state index >= 15 is 0 Å². The number of rotatable bonds is 6. The van der Waals surface area contributed by atoms with E-state index < -0.39 is 0 Å². The van der Waals surface area contributed by atoms with Gasteiger partial charge in [-0.1, -0.05) is 54.1 Å². The second-order valence-corrected chi connectivity index (χ2v) is 9.47. The molecule has 1 fully saturated rings. The Kier molecular flexibility index (Phi) is 6.87. The molecule has 1 aliphatic heterocycles. The number of para-hydroxylation sites is 1. The number of piperazine rings is 1. The molecule has 0 saturated carbocycles. The molecule has 2 aromatic heterocycles. The minimum absolute atomic E-state index is 0.0471. The SMILES string of the molecule is Cc1ccc([C@@H](c2c(O)cc(C)n(Cc3ccccn3)c2=O)N2CCN(c3ccccc3)CC2)cc1. The zero-order valence-corrected chi connectivity index (χ0v) is 20.8. The van der Waals surface area contributed by atoms with Crippen molar-refractivity contribution in [1.82, 2.24) is 14.5 Å². The van der Waals surface area contributed by atoms with E-state index in [2.05, 4.69) is 70.2 Å². The van der Waals surface area contributed by atoms with Gasteiger partial charge in [-0.15, -0.1) is 0 Å². The number of nitrogens with zero attached hydrogens (tertiary/aromatic N) is 4. The predicted octanol–water partition coefficient (Wildman–Crippen LogP) is 4.53. The summed E-state index contributed by atoms with van der Waals surface area (Å²) in [5.74, 6) is 0.0471. The van der Waals surface area contributed by atoms with Crippen molar-refractivity contribution in [2.75, 3.05) is 31.1 Å². The van der Waals surface area contributed by atoms with E-state index in [1.807, 2.05) is 31.2 Å². The van der Waals surface area contributed by atoms with Crippen LogP contribution in [0.3, 0.4) is 0 Å². The van der Waals surface area contributed by atoms with Crippen molar-refractivity contribution in [3.8, 4) is 5.75 Å². The number of hydrogen-bond donors (Lipinski definition) is 1. The first-order valence-electron chi connectivity index (χ1n) is 12.4. The van der Waals surface area contributed by atoms with Crippen LogP contribution in [0.1, 0.15) is 34.1 Å². The second kappa shape index (κ2) is 10.4. The minimum Gasteiger partial charge on any atom is -0.507 e. The summed E-state index contributed by atoms with van der Waals surface area (Å²) >= 11 is 0. The highest BCUT2D eigenvalue weighted by atomic mass is 16.3. The van der Waals surface area contributed by atoms with Gasteiger partial charge in [-0.3, -0.25) is 14.7 Å². The van der Waals surface area contributed by atoms with Crippen molar-refractivity contribution in [2.45, 2.75) is 26.4 Å². The molecule has 0 bridgehead atoms. The monoisotopic (exact) mass is 480 g/mol. The van der Waals surface area contributed by atoms with Gasteiger partial charge < -0.3 is 14.6 Å². The lowest BCUT2D eigenvalue weighted by molar-refractivity contribution is 0.207. The molecule has 1 saturated heterocycles. The molecule has 184 valence electrons. The maximum absolute atomic E-state index is 14.0. The van der Waals surface area contributed by atoms with Gasteiger partial charge in [-0.25, -0.2) is 0 Å². The van der Waals surface area contributed by atoms with E-state index in [1.54, 1.807) is 16.8 Å². The van der Waals surface area contributed by atoms with Crippen LogP contribution in [-0.4, -0.2) is 45.7 Å². The summed E-state index contributed by atoms with van der Waals surface area (Å²) < 4.78 is 1.72. The Hall–Kier alpha value is -3.90. The van der Waals surface area contributed by atoms with E-state index in [-0.39, 0.29) is 17.4 Å². The summed E-state index contributed by atoms with van der Waals surface area (Å²) in [7, 11) is 0. The summed E-state index contributed by atoms with van der Waals surface area (Å²) in [4.78, 5) is 23.1. The zero-order valence-electron chi connectivity index (χ0n) is 20.8. The van der Waals surface area contributed by atoms with E-state index in [4.69, 9.17) is 0 Å². The first kappa shape index (κ1) is 23.8. The number of anilines is 1. The zero-order chi connectivity index (χ0) is 25.1. The fourth-order valence-electron chi connectivity index (χ4n) is 5.06. The van der Waals surface area contributed by atoms with E-state index in [0.29, 0.717) is 17.8 Å². The van der Waals surface area contributed by atoms with Gasteiger partial charge in [0, 0.05) is 43.8 Å². The van der Waals surface area contributed by atoms with Crippen LogP contribution in [0.25, 0.3) is 0 Å². The van der Waals surface area contributed by atoms with Crippen molar-refractivity contribution in [1.29, 1.82) is 0 Å². The Morgan fingerprint density at radius 2 is 1.58 bits per heavy atom. The van der Waals surface area contributed by atoms with Crippen LogP contribution >= 0.6 is 0 Å². The van der Waals surface area contributed by atoms with Gasteiger partial charge in [0.2, 0.25) is 0 Å². The maximum atomic E-state index is 14.0. The van der Waals surface area contributed by atoms with Crippen LogP contribution in [0.4, 0.5) is 5.69 Å². The molecule has 1 N–H and O–H groups in total. The highest BCUT2D eigenvalue weighted by molar-refractivity contribution is 5.47. The van der Waals surface area contributed by atoms with Gasteiger partial charge in [0.15, 0.2) is 0 Å². The van der Waals surface area contributed by atoms with Crippen molar-refractivity contribution in [2.24, 2.45) is 0 Å². The predicted molar refractivity (Wildman–Crippen MR) is 144 cm³/mol. The molecule has 3 heterocycles. The lowest BCUT2D eigenvalue weighted by Crippen LogP contribution is -2.49. The minimum atomic E-state index is -0.341. The van der Waals surface area contributed by atoms with E-state index in [9.17, 15) is 9.90 Å². The van der Waals surface area contributed by atoms with Gasteiger partial charge in [0.25, 0.3) is 5.56 Å². The number of aromatic hydroxyl groups is 1. The summed E-state index contributed by atoms with van der Waals surface area (Å²) in [6.07, 6.45) is 1.73. The van der Waals surface area contributed by atoms with Crippen LogP contribution in [0.5, 0.6) is 5.75 Å². The van der Waals surface area contributed by atoms with Crippen molar-refractivity contribution in [3.63, 3.8) is 0 Å². The molecule has 6 nitrogen and oxygen atoms in total. The largest absolute Gasteiger partial charge is 0.507 e. The molecule has 0 amide bonds. The third-order valence-corrected chi connectivity index (χ3v) is 7.04. The molecule has 0 unspecified atom stereocenters. The second-order valence-electron chi connectivity index (χ2n) is 9.47. The number of pyridine rings is 2. The van der Waals surface area contributed by atoms with Crippen molar-refractivity contribution < 1.29 is 5.11 Å². The Morgan fingerprint density at radius 1 is 0.889 bits per heavy atom. The van der Waals surface area contributed by atoms with Gasteiger partial charge >= 0.3 is 0 Å². The molecule has 36 heavy (non-hydrogen) atoms. The molecule has 6 heteroatoms. The molecule has 1 atom stereocenters. The smallest absolute Gasteiger partial charge is 0.260 e. The Bertz CT molecular complexity index is 1360. The van der Waals surface area contributed by atoms with Crippen LogP contribution in [-0.2, 0) is 6.54 Å². The van der Waals surface area contributed by atoms with Gasteiger partial charge in [-0.2, -0.15) is 0 Å². The number of aryl methyl sites for hydroxylation is 2. The highest BCUT2D eigenvalue weighted by Crippen LogP contribution is 2.34. The summed E-state index contributed by atoms with van der Waals surface area (Å²) in [6, 6.07) is 25.8. The average molecular weight is 481 g/mol. The maximum Gasteiger partial charge on any atom is 0.260 e. The van der Waals surface area contributed by atoms with Crippen molar-refractivity contribution in [3.05, 3.63) is 123 Å². The fourth-order valence-corrected chi connectivity index (χ4v) is 5.06. The lowest BCUT2D eigenvalue weighted by atomic mass is 9.95. The van der Waals surface area contributed by atoms with Gasteiger partial charge in [0.05, 0.1) is 23.8 Å². The molecule has 0 aliphatic carbocycles. The number of aromatic nitrogens is 2. The highest BCUT2D eigenvalue weighted by Gasteiger charge is 2.31. The third-order valence-electron chi connectivity index (χ3n) is 7.04. The lowest BCUT2D eigenvalue weighted by Gasteiger charge is -2.40. The Morgan fingerprint density at radius 3 is 2.25 bits per heavy atom. The molecule has 5 rings (SSSR count). The van der Waals surface area contributed by atoms with E-state index in [1.165, 1.54) is 5.69 Å².